The molecular weight excluding hydrogens is 233 g/mol. The molecule has 1 aromatic rings. The first-order valence-corrected chi connectivity index (χ1v) is 6.11. The van der Waals surface area contributed by atoms with Crippen LogP contribution in [0.3, 0.4) is 0 Å². The third-order valence-corrected chi connectivity index (χ3v) is 3.18. The molecule has 0 unspecified atom stereocenters. The van der Waals surface area contributed by atoms with E-state index in [1.807, 2.05) is 0 Å². The van der Waals surface area contributed by atoms with Crippen molar-refractivity contribution >= 4 is 11.6 Å². The maximum absolute atomic E-state index is 12.8. The average molecular weight is 251 g/mol. The molecule has 1 fully saturated rings. The van der Waals surface area contributed by atoms with Crippen LogP contribution in [0.1, 0.15) is 23.2 Å². The molecule has 0 bridgehead atoms. The van der Waals surface area contributed by atoms with E-state index in [0.717, 1.165) is 12.6 Å². The number of carbonyl (C=O) groups is 1. The fraction of sp³-hybridized carbons (Fsp3) is 0.462. The van der Waals surface area contributed by atoms with Crippen molar-refractivity contribution in [2.75, 3.05) is 25.9 Å². The second-order valence-electron chi connectivity index (χ2n) is 4.70. The molecule has 3 N–H and O–H groups in total. The Kier molecular flexibility index (Phi) is 3.81. The van der Waals surface area contributed by atoms with Crippen LogP contribution in [-0.2, 0) is 0 Å². The molecular formula is C13H18FN3O. The summed E-state index contributed by atoms with van der Waals surface area (Å²) in [6.07, 6.45) is 2.49. The van der Waals surface area contributed by atoms with E-state index in [1.54, 1.807) is 0 Å². The summed E-state index contributed by atoms with van der Waals surface area (Å²) in [6, 6.07) is 4.48. The highest BCUT2D eigenvalue weighted by Gasteiger charge is 2.25. The Hall–Kier alpha value is -1.62. The average Bonchev–Trinajstić information content (AvgIpc) is 3.12. The molecule has 1 aromatic carbocycles. The van der Waals surface area contributed by atoms with E-state index in [4.69, 9.17) is 5.73 Å². The summed E-state index contributed by atoms with van der Waals surface area (Å²) in [5, 5.41) is 2.79. The summed E-state index contributed by atoms with van der Waals surface area (Å²) in [5.74, 6) is -0.686. The fourth-order valence-electron chi connectivity index (χ4n) is 1.88. The second kappa shape index (κ2) is 5.35. The van der Waals surface area contributed by atoms with Gasteiger partial charge in [0, 0.05) is 24.8 Å². The summed E-state index contributed by atoms with van der Waals surface area (Å²) in [6.45, 7) is 1.39. The molecule has 18 heavy (non-hydrogen) atoms. The zero-order chi connectivity index (χ0) is 13.1. The Morgan fingerprint density at radius 3 is 2.89 bits per heavy atom. The van der Waals surface area contributed by atoms with Gasteiger partial charge in [-0.25, -0.2) is 4.39 Å². The lowest BCUT2D eigenvalue weighted by Gasteiger charge is -2.16. The molecule has 0 spiro atoms. The third-order valence-electron chi connectivity index (χ3n) is 3.18. The van der Waals surface area contributed by atoms with Crippen LogP contribution in [0, 0.1) is 5.82 Å². The van der Waals surface area contributed by atoms with Crippen LogP contribution < -0.4 is 11.1 Å². The van der Waals surface area contributed by atoms with E-state index < -0.39 is 5.82 Å². The monoisotopic (exact) mass is 251 g/mol. The van der Waals surface area contributed by atoms with Crippen molar-refractivity contribution in [2.45, 2.75) is 18.9 Å². The summed E-state index contributed by atoms with van der Waals surface area (Å²) in [7, 11) is 2.05. The number of hydrogen-bond acceptors (Lipinski definition) is 3. The molecule has 1 saturated carbocycles. The van der Waals surface area contributed by atoms with Crippen molar-refractivity contribution in [2.24, 2.45) is 0 Å². The Labute approximate surface area is 106 Å². The van der Waals surface area contributed by atoms with Gasteiger partial charge in [-0.15, -0.1) is 0 Å². The number of rotatable bonds is 5. The smallest absolute Gasteiger partial charge is 0.253 e. The molecule has 4 nitrogen and oxygen atoms in total. The molecule has 0 aliphatic heterocycles. The lowest BCUT2D eigenvalue weighted by molar-refractivity contribution is 0.0950. The maximum atomic E-state index is 12.8. The Morgan fingerprint density at radius 1 is 1.56 bits per heavy atom. The number of nitrogens with two attached hydrogens (primary N) is 1. The van der Waals surface area contributed by atoms with Gasteiger partial charge in [-0.05, 0) is 38.1 Å². The number of nitrogens with one attached hydrogen (secondary N) is 1. The van der Waals surface area contributed by atoms with Crippen LogP contribution in [0.25, 0.3) is 0 Å². The quantitative estimate of drug-likeness (QED) is 0.774. The molecule has 2 rings (SSSR count). The summed E-state index contributed by atoms with van der Waals surface area (Å²) in [5.41, 5.74) is 6.09. The van der Waals surface area contributed by atoms with Crippen molar-refractivity contribution in [1.82, 2.24) is 10.2 Å². The van der Waals surface area contributed by atoms with Crippen molar-refractivity contribution in [3.05, 3.63) is 29.6 Å². The van der Waals surface area contributed by atoms with Crippen molar-refractivity contribution in [1.29, 1.82) is 0 Å². The van der Waals surface area contributed by atoms with Crippen LogP contribution in [0.15, 0.2) is 18.2 Å². The summed E-state index contributed by atoms with van der Waals surface area (Å²) < 4.78 is 12.8. The van der Waals surface area contributed by atoms with Gasteiger partial charge in [0.2, 0.25) is 0 Å². The lowest BCUT2D eigenvalue weighted by Crippen LogP contribution is -2.34. The Bertz CT molecular complexity index is 446. The Morgan fingerprint density at radius 2 is 2.28 bits per heavy atom. The van der Waals surface area contributed by atoms with Gasteiger partial charge in [-0.3, -0.25) is 4.79 Å². The number of nitrogens with zero attached hydrogens (tertiary/aromatic N) is 1. The number of carbonyl (C=O) groups excluding carboxylic acids is 1. The zero-order valence-corrected chi connectivity index (χ0v) is 10.4. The molecule has 1 aliphatic carbocycles. The lowest BCUT2D eigenvalue weighted by atomic mass is 10.1. The van der Waals surface area contributed by atoms with Gasteiger partial charge in [0.05, 0.1) is 5.56 Å². The standard InChI is InChI=1S/C13H18FN3O/c1-17(10-3-4-10)7-6-16-13(18)11-5-2-9(14)8-12(11)15/h2,5,8,10H,3-4,6-7,15H2,1H3,(H,16,18). The molecule has 1 amide bonds. The maximum Gasteiger partial charge on any atom is 0.253 e. The fourth-order valence-corrected chi connectivity index (χ4v) is 1.88. The van der Waals surface area contributed by atoms with E-state index in [9.17, 15) is 9.18 Å². The number of halogens is 1. The normalized spacial score (nSPS) is 14.8. The van der Waals surface area contributed by atoms with Crippen molar-refractivity contribution in [3.8, 4) is 0 Å². The van der Waals surface area contributed by atoms with Crippen LogP contribution in [-0.4, -0.2) is 37.0 Å². The molecule has 0 radical (unpaired) electrons. The van der Waals surface area contributed by atoms with Gasteiger partial charge in [0.15, 0.2) is 0 Å². The topological polar surface area (TPSA) is 58.4 Å². The minimum atomic E-state index is -0.433. The minimum absolute atomic E-state index is 0.169. The van der Waals surface area contributed by atoms with Crippen LogP contribution in [0.2, 0.25) is 0 Å². The van der Waals surface area contributed by atoms with Crippen molar-refractivity contribution < 1.29 is 9.18 Å². The van der Waals surface area contributed by atoms with Gasteiger partial charge in [-0.1, -0.05) is 0 Å². The van der Waals surface area contributed by atoms with Crippen molar-refractivity contribution in [3.63, 3.8) is 0 Å². The van der Waals surface area contributed by atoms with Gasteiger partial charge in [0.25, 0.3) is 5.91 Å². The molecule has 0 heterocycles. The van der Waals surface area contributed by atoms with Gasteiger partial charge >= 0.3 is 0 Å². The van der Waals surface area contributed by atoms with Crippen LogP contribution >= 0.6 is 0 Å². The first-order valence-electron chi connectivity index (χ1n) is 6.11. The number of nitrogen functional groups attached to an aromatic ring is 1. The van der Waals surface area contributed by atoms with Crippen LogP contribution in [0.5, 0.6) is 0 Å². The molecule has 1 aliphatic rings. The highest BCUT2D eigenvalue weighted by molar-refractivity contribution is 5.99. The Balaban J connectivity index is 1.83. The number of likely N-dealkylation sites (N-methyl/N-ethyl adjacent to an activating group) is 1. The van der Waals surface area contributed by atoms with E-state index in [-0.39, 0.29) is 11.6 Å². The molecule has 0 atom stereocenters. The summed E-state index contributed by atoms with van der Waals surface area (Å²) >= 11 is 0. The number of amides is 1. The van der Waals surface area contributed by atoms with E-state index in [0.29, 0.717) is 18.2 Å². The van der Waals surface area contributed by atoms with Crippen LogP contribution in [0.4, 0.5) is 10.1 Å². The van der Waals surface area contributed by atoms with Gasteiger partial charge in [-0.2, -0.15) is 0 Å². The highest BCUT2D eigenvalue weighted by atomic mass is 19.1. The number of anilines is 1. The first kappa shape index (κ1) is 12.8. The number of benzene rings is 1. The number of hydrogen-bond donors (Lipinski definition) is 2. The van der Waals surface area contributed by atoms with E-state index >= 15 is 0 Å². The van der Waals surface area contributed by atoms with Gasteiger partial charge in [0.1, 0.15) is 5.82 Å². The largest absolute Gasteiger partial charge is 0.398 e. The zero-order valence-electron chi connectivity index (χ0n) is 10.4. The van der Waals surface area contributed by atoms with E-state index in [1.165, 1.54) is 25.0 Å². The van der Waals surface area contributed by atoms with Gasteiger partial charge < -0.3 is 16.0 Å². The third kappa shape index (κ3) is 3.20. The summed E-state index contributed by atoms with van der Waals surface area (Å²) in [4.78, 5) is 14.0. The molecule has 98 valence electrons. The SMILES string of the molecule is CN(CCNC(=O)c1ccc(F)cc1N)C1CC1. The second-order valence-corrected chi connectivity index (χ2v) is 4.70. The highest BCUT2D eigenvalue weighted by Crippen LogP contribution is 2.24. The molecule has 0 saturated heterocycles. The predicted octanol–water partition coefficient (Wildman–Crippen LogP) is 1.23. The molecule has 5 heteroatoms. The predicted molar refractivity (Wildman–Crippen MR) is 68.8 cm³/mol. The first-order chi connectivity index (χ1) is 8.58. The molecule has 0 aromatic heterocycles. The van der Waals surface area contributed by atoms with E-state index in [2.05, 4.69) is 17.3 Å². The minimum Gasteiger partial charge on any atom is -0.398 e.